The van der Waals surface area contributed by atoms with Gasteiger partial charge in [0.15, 0.2) is 0 Å². The second-order valence-electron chi connectivity index (χ2n) is 5.05. The van der Waals surface area contributed by atoms with Gasteiger partial charge in [0.1, 0.15) is 0 Å². The maximum absolute atomic E-state index is 11.9. The van der Waals surface area contributed by atoms with Crippen LogP contribution in [0.15, 0.2) is 0 Å². The Balaban J connectivity index is 1.65. The molecule has 0 atom stereocenters. The first-order valence-electron chi connectivity index (χ1n) is 6.91. The Bertz CT molecular complexity index is 400. The fourth-order valence-electron chi connectivity index (χ4n) is 2.31. The molecule has 0 radical (unpaired) electrons. The Morgan fingerprint density at radius 1 is 1.32 bits per heavy atom. The molecule has 2 rings (SSSR count). The molecular weight excluding hydrogens is 278 g/mol. The van der Waals surface area contributed by atoms with Gasteiger partial charge in [0.25, 0.3) is 0 Å². The fraction of sp³-hybridized carbons (Fsp3) is 0.769. The number of hydrogen-bond acceptors (Lipinski definition) is 5. The molecule has 0 spiro atoms. The first-order chi connectivity index (χ1) is 9.25. The zero-order chi connectivity index (χ0) is 13.5. The molecule has 1 aliphatic rings. The highest BCUT2D eigenvalue weighted by molar-refractivity contribution is 7.99. The third-order valence-corrected chi connectivity index (χ3v) is 5.04. The van der Waals surface area contributed by atoms with E-state index in [4.69, 9.17) is 0 Å². The van der Waals surface area contributed by atoms with E-state index in [1.807, 2.05) is 6.92 Å². The van der Waals surface area contributed by atoms with Crippen molar-refractivity contribution >= 4 is 29.4 Å². The lowest BCUT2D eigenvalue weighted by molar-refractivity contribution is -0.119. The summed E-state index contributed by atoms with van der Waals surface area (Å²) in [6.45, 7) is 1.96. The number of carbonyl (C=O) groups is 1. The maximum atomic E-state index is 11.9. The summed E-state index contributed by atoms with van der Waals surface area (Å²) in [6, 6.07) is 0.401. The van der Waals surface area contributed by atoms with Crippen LogP contribution in [0.3, 0.4) is 0 Å². The minimum absolute atomic E-state index is 0.165. The topological polar surface area (TPSA) is 54.9 Å². The highest BCUT2D eigenvalue weighted by Crippen LogP contribution is 2.18. The SMILES string of the molecule is Cc1nsnc1CSCC(=O)NC1CCCCCC1. The average Bonchev–Trinajstić information content (AvgIpc) is 2.65. The molecular formula is C13H21N3OS2. The molecule has 6 heteroatoms. The van der Waals surface area contributed by atoms with Crippen LogP contribution in [-0.2, 0) is 10.5 Å². The number of amides is 1. The number of carbonyl (C=O) groups excluding carboxylic acids is 1. The monoisotopic (exact) mass is 299 g/mol. The molecule has 1 aromatic rings. The van der Waals surface area contributed by atoms with Crippen LogP contribution in [0.4, 0.5) is 0 Å². The third-order valence-electron chi connectivity index (χ3n) is 3.44. The zero-order valence-corrected chi connectivity index (χ0v) is 13.0. The van der Waals surface area contributed by atoms with E-state index < -0.39 is 0 Å². The lowest BCUT2D eigenvalue weighted by Gasteiger charge is -2.15. The molecule has 0 unspecified atom stereocenters. The predicted molar refractivity (Wildman–Crippen MR) is 80.4 cm³/mol. The van der Waals surface area contributed by atoms with E-state index in [1.54, 1.807) is 11.8 Å². The Hall–Kier alpha value is -0.620. The van der Waals surface area contributed by atoms with E-state index in [2.05, 4.69) is 14.1 Å². The largest absolute Gasteiger partial charge is 0.353 e. The van der Waals surface area contributed by atoms with Gasteiger partial charge in [-0.15, -0.1) is 11.8 Å². The molecule has 4 nitrogen and oxygen atoms in total. The van der Waals surface area contributed by atoms with Crippen LogP contribution >= 0.6 is 23.5 Å². The third kappa shape index (κ3) is 5.10. The molecule has 1 aromatic heterocycles. The number of aryl methyl sites for hydroxylation is 1. The van der Waals surface area contributed by atoms with E-state index in [0.29, 0.717) is 11.8 Å². The van der Waals surface area contributed by atoms with Gasteiger partial charge in [-0.3, -0.25) is 4.79 Å². The molecule has 1 heterocycles. The van der Waals surface area contributed by atoms with Crippen LogP contribution < -0.4 is 5.32 Å². The second-order valence-corrected chi connectivity index (χ2v) is 6.56. The number of aromatic nitrogens is 2. The summed E-state index contributed by atoms with van der Waals surface area (Å²) in [5.41, 5.74) is 2.00. The van der Waals surface area contributed by atoms with Crippen molar-refractivity contribution in [2.24, 2.45) is 0 Å². The predicted octanol–water partition coefficient (Wildman–Crippen LogP) is 2.92. The van der Waals surface area contributed by atoms with Crippen molar-refractivity contribution in [2.75, 3.05) is 5.75 Å². The highest BCUT2D eigenvalue weighted by Gasteiger charge is 2.14. The number of rotatable bonds is 5. The quantitative estimate of drug-likeness (QED) is 0.849. The highest BCUT2D eigenvalue weighted by atomic mass is 32.2. The van der Waals surface area contributed by atoms with Crippen LogP contribution in [0.1, 0.15) is 49.9 Å². The van der Waals surface area contributed by atoms with Crippen molar-refractivity contribution in [3.05, 3.63) is 11.4 Å². The Morgan fingerprint density at radius 3 is 2.68 bits per heavy atom. The molecule has 106 valence electrons. The molecule has 1 saturated carbocycles. The zero-order valence-electron chi connectivity index (χ0n) is 11.4. The van der Waals surface area contributed by atoms with Gasteiger partial charge in [-0.25, -0.2) is 0 Å². The molecule has 1 amide bonds. The molecule has 0 aromatic carbocycles. The van der Waals surface area contributed by atoms with E-state index in [9.17, 15) is 4.79 Å². The van der Waals surface area contributed by atoms with Gasteiger partial charge < -0.3 is 5.32 Å². The van der Waals surface area contributed by atoms with Crippen LogP contribution in [0.2, 0.25) is 0 Å². The summed E-state index contributed by atoms with van der Waals surface area (Å²) >= 11 is 2.86. The van der Waals surface area contributed by atoms with Gasteiger partial charge in [0, 0.05) is 11.8 Å². The summed E-state index contributed by atoms with van der Waals surface area (Å²) in [4.78, 5) is 11.9. The Labute approximate surface area is 123 Å². The van der Waals surface area contributed by atoms with Gasteiger partial charge in [-0.1, -0.05) is 25.7 Å². The number of thioether (sulfide) groups is 1. The van der Waals surface area contributed by atoms with E-state index >= 15 is 0 Å². The smallest absolute Gasteiger partial charge is 0.230 e. The molecule has 1 fully saturated rings. The van der Waals surface area contributed by atoms with E-state index in [0.717, 1.165) is 30.0 Å². The van der Waals surface area contributed by atoms with Crippen molar-refractivity contribution in [2.45, 2.75) is 57.2 Å². The minimum Gasteiger partial charge on any atom is -0.353 e. The summed E-state index contributed by atoms with van der Waals surface area (Å²) < 4.78 is 8.35. The van der Waals surface area contributed by atoms with Crippen LogP contribution in [0, 0.1) is 6.92 Å². The Kier molecular flexibility index (Phi) is 6.10. The number of nitrogens with zero attached hydrogens (tertiary/aromatic N) is 2. The van der Waals surface area contributed by atoms with Gasteiger partial charge in [-0.2, -0.15) is 8.75 Å². The lowest BCUT2D eigenvalue weighted by atomic mass is 10.1. The van der Waals surface area contributed by atoms with Gasteiger partial charge in [0.05, 0.1) is 28.9 Å². The van der Waals surface area contributed by atoms with Crippen molar-refractivity contribution < 1.29 is 4.79 Å². The average molecular weight is 299 g/mol. The molecule has 19 heavy (non-hydrogen) atoms. The maximum Gasteiger partial charge on any atom is 0.230 e. The summed E-state index contributed by atoms with van der Waals surface area (Å²) in [5.74, 6) is 1.46. The van der Waals surface area contributed by atoms with Crippen molar-refractivity contribution in [1.82, 2.24) is 14.1 Å². The summed E-state index contributed by atoms with van der Waals surface area (Å²) in [7, 11) is 0. The van der Waals surface area contributed by atoms with Crippen LogP contribution in [0.25, 0.3) is 0 Å². The molecule has 0 bridgehead atoms. The lowest BCUT2D eigenvalue weighted by Crippen LogP contribution is -2.35. The summed E-state index contributed by atoms with van der Waals surface area (Å²) in [6.07, 6.45) is 7.43. The minimum atomic E-state index is 0.165. The first-order valence-corrected chi connectivity index (χ1v) is 8.79. The van der Waals surface area contributed by atoms with Gasteiger partial charge >= 0.3 is 0 Å². The van der Waals surface area contributed by atoms with Crippen LogP contribution in [0.5, 0.6) is 0 Å². The van der Waals surface area contributed by atoms with Gasteiger partial charge in [0.2, 0.25) is 5.91 Å². The molecule has 0 aliphatic heterocycles. The molecule has 0 saturated heterocycles. The summed E-state index contributed by atoms with van der Waals surface area (Å²) in [5, 5.41) is 3.16. The second kappa shape index (κ2) is 7.85. The number of nitrogens with one attached hydrogen (secondary N) is 1. The molecule has 1 aliphatic carbocycles. The Morgan fingerprint density at radius 2 is 2.05 bits per heavy atom. The normalized spacial score (nSPS) is 17.1. The van der Waals surface area contributed by atoms with Gasteiger partial charge in [-0.05, 0) is 19.8 Å². The molecule has 1 N–H and O–H groups in total. The van der Waals surface area contributed by atoms with Crippen molar-refractivity contribution in [3.8, 4) is 0 Å². The van der Waals surface area contributed by atoms with Crippen molar-refractivity contribution in [3.63, 3.8) is 0 Å². The standard InChI is InChI=1S/C13H21N3OS2/c1-10-12(16-19-15-10)8-18-9-13(17)14-11-6-4-2-3-5-7-11/h11H,2-9H2,1H3,(H,14,17). The van der Waals surface area contributed by atoms with Crippen molar-refractivity contribution in [1.29, 1.82) is 0 Å². The van der Waals surface area contributed by atoms with E-state index in [1.165, 1.54) is 37.4 Å². The van der Waals surface area contributed by atoms with Crippen LogP contribution in [-0.4, -0.2) is 26.4 Å². The van der Waals surface area contributed by atoms with E-state index in [-0.39, 0.29) is 5.91 Å². The first kappa shape index (κ1) is 14.8. The number of hydrogen-bond donors (Lipinski definition) is 1. The fourth-order valence-corrected chi connectivity index (χ4v) is 3.80.